The van der Waals surface area contributed by atoms with Crippen molar-refractivity contribution in [1.29, 1.82) is 5.26 Å². The van der Waals surface area contributed by atoms with Gasteiger partial charge in [0.25, 0.3) is 5.91 Å². The van der Waals surface area contributed by atoms with Gasteiger partial charge in [0.15, 0.2) is 0 Å². The Morgan fingerprint density at radius 2 is 2.14 bits per heavy atom. The minimum absolute atomic E-state index is 0.120. The van der Waals surface area contributed by atoms with Crippen LogP contribution in [0.5, 0.6) is 0 Å². The Balaban J connectivity index is 1.62. The Bertz CT molecular complexity index is 1360. The summed E-state index contributed by atoms with van der Waals surface area (Å²) in [6.45, 7) is 3.21. The average Bonchev–Trinajstić information content (AvgIpc) is 3.28. The predicted octanol–water partition coefficient (Wildman–Crippen LogP) is 2.36. The van der Waals surface area contributed by atoms with Crippen LogP contribution in [0.4, 0.5) is 14.9 Å². The molecule has 12 heteroatoms. The molecular formula is C25H28FN7O4. The van der Waals surface area contributed by atoms with Crippen molar-refractivity contribution in [3.8, 4) is 17.5 Å². The van der Waals surface area contributed by atoms with E-state index in [2.05, 4.69) is 26.8 Å². The van der Waals surface area contributed by atoms with Gasteiger partial charge in [0.05, 0.1) is 65.2 Å². The number of carbonyl (C=O) groups is 2. The van der Waals surface area contributed by atoms with Gasteiger partial charge in [0, 0.05) is 19.3 Å². The molecule has 3 N–H and O–H groups in total. The van der Waals surface area contributed by atoms with Crippen LogP contribution in [0.2, 0.25) is 0 Å². The number of alkyl halides is 1. The molecule has 1 unspecified atom stereocenters. The average molecular weight is 510 g/mol. The van der Waals surface area contributed by atoms with E-state index in [1.165, 1.54) is 33.4 Å². The molecule has 11 nitrogen and oxygen atoms in total. The highest BCUT2D eigenvalue weighted by atomic mass is 19.1. The molecule has 0 spiro atoms. The largest absolute Gasteiger partial charge is 0.453 e. The molecule has 0 saturated carbocycles. The summed E-state index contributed by atoms with van der Waals surface area (Å²) in [6.07, 6.45) is 1.51. The highest BCUT2D eigenvalue weighted by molar-refractivity contribution is 6.00. The van der Waals surface area contributed by atoms with Gasteiger partial charge in [-0.25, -0.2) is 13.7 Å². The van der Waals surface area contributed by atoms with E-state index < -0.39 is 23.8 Å². The molecule has 37 heavy (non-hydrogen) atoms. The van der Waals surface area contributed by atoms with Crippen LogP contribution >= 0.6 is 0 Å². The third-order valence-corrected chi connectivity index (χ3v) is 6.33. The minimum Gasteiger partial charge on any atom is -0.453 e. The first-order valence-corrected chi connectivity index (χ1v) is 11.7. The van der Waals surface area contributed by atoms with Crippen molar-refractivity contribution in [2.24, 2.45) is 0 Å². The topological polar surface area (TPSA) is 145 Å². The number of ether oxygens (including phenoxy) is 1. The molecule has 1 aliphatic heterocycles. The maximum Gasteiger partial charge on any atom is 0.409 e. The fourth-order valence-corrected chi connectivity index (χ4v) is 3.94. The summed E-state index contributed by atoms with van der Waals surface area (Å²) in [4.78, 5) is 30.9. The van der Waals surface area contributed by atoms with Crippen LogP contribution in [0, 0.1) is 11.3 Å². The number of nitriles is 1. The molecule has 3 aromatic heterocycles. The van der Waals surface area contributed by atoms with Crippen molar-refractivity contribution in [3.63, 3.8) is 0 Å². The van der Waals surface area contributed by atoms with E-state index in [1.807, 2.05) is 0 Å². The molecule has 0 aliphatic carbocycles. The minimum atomic E-state index is -1.67. The molecule has 4 heterocycles. The molecule has 194 valence electrons. The number of carbonyl (C=O) groups excluding carboxylic acids is 2. The summed E-state index contributed by atoms with van der Waals surface area (Å²) >= 11 is 0. The van der Waals surface area contributed by atoms with E-state index in [0.29, 0.717) is 41.2 Å². The van der Waals surface area contributed by atoms with Gasteiger partial charge < -0.3 is 25.4 Å². The summed E-state index contributed by atoms with van der Waals surface area (Å²) in [5.41, 5.74) is 1.28. The fourth-order valence-electron chi connectivity index (χ4n) is 3.94. The second kappa shape index (κ2) is 10.4. The highest BCUT2D eigenvalue weighted by Crippen LogP contribution is 2.27. The summed E-state index contributed by atoms with van der Waals surface area (Å²) in [5, 5.41) is 29.0. The summed E-state index contributed by atoms with van der Waals surface area (Å²) < 4.78 is 20.7. The monoisotopic (exact) mass is 509 g/mol. The Kier molecular flexibility index (Phi) is 7.26. The molecule has 0 bridgehead atoms. The third kappa shape index (κ3) is 5.46. The SMILES string of the molecule is COC(=O)N1CC[C@H]1CNc1cc(-c2ccc3cc(C#N)cnn23)ncc1C(=O)NCC(F)C(C)(C)O. The van der Waals surface area contributed by atoms with Crippen molar-refractivity contribution < 1.29 is 23.8 Å². The fraction of sp³-hybridized carbons (Fsp3) is 0.400. The number of rotatable bonds is 8. The number of fused-ring (bicyclic) bond motifs is 1. The number of aliphatic hydroxyl groups is 1. The molecule has 1 fully saturated rings. The van der Waals surface area contributed by atoms with Crippen molar-refractivity contribution in [3.05, 3.63) is 47.8 Å². The van der Waals surface area contributed by atoms with Crippen molar-refractivity contribution in [2.75, 3.05) is 32.1 Å². The van der Waals surface area contributed by atoms with Crippen LogP contribution < -0.4 is 10.6 Å². The predicted molar refractivity (Wildman–Crippen MR) is 133 cm³/mol. The Morgan fingerprint density at radius 1 is 1.35 bits per heavy atom. The number of anilines is 1. The van der Waals surface area contributed by atoms with E-state index in [-0.39, 0.29) is 18.2 Å². The normalized spacial score (nSPS) is 16.0. The van der Waals surface area contributed by atoms with E-state index in [0.717, 1.165) is 6.42 Å². The smallest absolute Gasteiger partial charge is 0.409 e. The maximum absolute atomic E-state index is 14.2. The van der Waals surface area contributed by atoms with Crippen LogP contribution in [0.1, 0.15) is 36.2 Å². The summed E-state index contributed by atoms with van der Waals surface area (Å²) in [6, 6.07) is 8.92. The first-order chi connectivity index (χ1) is 17.6. The van der Waals surface area contributed by atoms with Crippen LogP contribution in [-0.4, -0.2) is 81.2 Å². The van der Waals surface area contributed by atoms with Gasteiger partial charge in [-0.1, -0.05) is 0 Å². The van der Waals surface area contributed by atoms with Crippen molar-refractivity contribution in [2.45, 2.75) is 38.1 Å². The lowest BCUT2D eigenvalue weighted by molar-refractivity contribution is -0.00178. The number of likely N-dealkylation sites (tertiary alicyclic amines) is 1. The molecule has 3 aromatic rings. The van der Waals surface area contributed by atoms with E-state index in [9.17, 15) is 19.1 Å². The van der Waals surface area contributed by atoms with Gasteiger partial charge in [-0.15, -0.1) is 0 Å². The molecule has 0 radical (unpaired) electrons. The van der Waals surface area contributed by atoms with Gasteiger partial charge >= 0.3 is 6.09 Å². The van der Waals surface area contributed by atoms with Gasteiger partial charge in [-0.2, -0.15) is 10.4 Å². The molecule has 0 aromatic carbocycles. The Hall–Kier alpha value is -4.24. The van der Waals surface area contributed by atoms with Gasteiger partial charge in [0.1, 0.15) is 12.2 Å². The number of hydrogen-bond donors (Lipinski definition) is 3. The van der Waals surface area contributed by atoms with Crippen LogP contribution in [0.15, 0.2) is 36.7 Å². The van der Waals surface area contributed by atoms with Gasteiger partial charge in [0.2, 0.25) is 0 Å². The number of amides is 2. The lowest BCUT2D eigenvalue weighted by Crippen LogP contribution is -2.54. The first-order valence-electron chi connectivity index (χ1n) is 11.7. The van der Waals surface area contributed by atoms with E-state index in [1.54, 1.807) is 33.7 Å². The van der Waals surface area contributed by atoms with E-state index >= 15 is 0 Å². The first kappa shape index (κ1) is 25.8. The zero-order chi connectivity index (χ0) is 26.7. The number of nitrogens with one attached hydrogen (secondary N) is 2. The number of pyridine rings is 1. The van der Waals surface area contributed by atoms with Crippen LogP contribution in [0.3, 0.4) is 0 Å². The number of nitrogens with zero attached hydrogens (tertiary/aromatic N) is 5. The third-order valence-electron chi connectivity index (χ3n) is 6.33. The molecule has 2 amide bonds. The second-order valence-corrected chi connectivity index (χ2v) is 9.34. The highest BCUT2D eigenvalue weighted by Gasteiger charge is 2.33. The number of aromatic nitrogens is 3. The maximum atomic E-state index is 14.2. The lowest BCUT2D eigenvalue weighted by atomic mass is 10.0. The standard InChI is InChI=1S/C25H28FN7O4/c1-25(2,36)22(26)14-30-23(34)18-13-29-20(21-5-4-16-8-15(10-27)11-31-33(16)21)9-19(18)28-12-17-6-7-32(17)24(35)37-3/h4-5,8-9,11,13,17,22,36H,6-7,12,14H2,1-3H3,(H,28,29)(H,30,34)/t17-,22?/m0/s1. The molecule has 1 aliphatic rings. The zero-order valence-electron chi connectivity index (χ0n) is 20.7. The van der Waals surface area contributed by atoms with Crippen molar-refractivity contribution >= 4 is 23.2 Å². The van der Waals surface area contributed by atoms with Crippen LogP contribution in [0.25, 0.3) is 16.9 Å². The lowest BCUT2D eigenvalue weighted by Gasteiger charge is -2.39. The molecule has 2 atom stereocenters. The quantitative estimate of drug-likeness (QED) is 0.420. The van der Waals surface area contributed by atoms with Crippen molar-refractivity contribution in [1.82, 2.24) is 24.8 Å². The number of methoxy groups -OCH3 is 1. The second-order valence-electron chi connectivity index (χ2n) is 9.34. The number of hydrogen-bond acceptors (Lipinski definition) is 8. The molecular weight excluding hydrogens is 481 g/mol. The zero-order valence-corrected chi connectivity index (χ0v) is 20.7. The summed E-state index contributed by atoms with van der Waals surface area (Å²) in [7, 11) is 1.32. The molecule has 1 saturated heterocycles. The Morgan fingerprint density at radius 3 is 2.78 bits per heavy atom. The summed E-state index contributed by atoms with van der Waals surface area (Å²) in [5.74, 6) is -0.566. The number of halogens is 1. The van der Waals surface area contributed by atoms with Gasteiger partial charge in [-0.3, -0.25) is 9.78 Å². The Labute approximate surface area is 212 Å². The van der Waals surface area contributed by atoms with E-state index in [4.69, 9.17) is 10.00 Å². The molecule has 4 rings (SSSR count). The van der Waals surface area contributed by atoms with Crippen LogP contribution in [-0.2, 0) is 4.74 Å². The van der Waals surface area contributed by atoms with Gasteiger partial charge in [-0.05, 0) is 44.5 Å².